The molecule has 4 saturated heterocycles. The van der Waals surface area contributed by atoms with Crippen LogP contribution in [0.2, 0.25) is 0 Å². The van der Waals surface area contributed by atoms with Gasteiger partial charge in [0, 0.05) is 101 Å². The minimum Gasteiger partial charge on any atom is -0.463 e. The maximum Gasteiger partial charge on any atom is 0.410 e. The number of carbonyl (C=O) groups is 8. The molecule has 7 amide bonds. The van der Waals surface area contributed by atoms with E-state index in [-0.39, 0.29) is 68.0 Å². The molecule has 2 atom stereocenters. The van der Waals surface area contributed by atoms with Crippen molar-refractivity contribution in [2.75, 3.05) is 80.6 Å². The van der Waals surface area contributed by atoms with Crippen LogP contribution in [0.1, 0.15) is 92.7 Å². The molecule has 0 saturated carbocycles. The number of nitrogens with one attached hydrogen (secondary N) is 2. The number of halogens is 2. The molecule has 0 bridgehead atoms. The Kier molecular flexibility index (Phi) is 22.8. The summed E-state index contributed by atoms with van der Waals surface area (Å²) in [5, 5.41) is 5.01. The van der Waals surface area contributed by atoms with Crippen LogP contribution in [-0.2, 0) is 43.0 Å². The van der Waals surface area contributed by atoms with Crippen molar-refractivity contribution in [2.45, 2.75) is 105 Å². The number of rotatable bonds is 8. The number of nitrogens with two attached hydrogens (primary N) is 1. The summed E-state index contributed by atoms with van der Waals surface area (Å²) in [7, 11) is 0. The van der Waals surface area contributed by atoms with Crippen LogP contribution < -0.4 is 26.2 Å². The minimum atomic E-state index is -0.607. The number of anilines is 2. The average molecular weight is 1090 g/mol. The van der Waals surface area contributed by atoms with Crippen LogP contribution in [0.15, 0.2) is 60.7 Å². The van der Waals surface area contributed by atoms with Crippen LogP contribution in [0, 0.1) is 0 Å². The van der Waals surface area contributed by atoms with Gasteiger partial charge in [0.2, 0.25) is 29.5 Å². The van der Waals surface area contributed by atoms with Crippen LogP contribution in [0.4, 0.5) is 21.0 Å². The van der Waals surface area contributed by atoms with Crippen LogP contribution in [0.3, 0.4) is 0 Å². The monoisotopic (exact) mass is 1090 g/mol. The maximum atomic E-state index is 12.5. The molecule has 2 aromatic rings. The molecule has 7 rings (SSSR count). The Morgan fingerprint density at radius 3 is 1.58 bits per heavy atom. The van der Waals surface area contributed by atoms with Gasteiger partial charge in [-0.2, -0.15) is 0 Å². The fraction of sp³-hybridized carbons (Fsp3) is 0.529. The molecular weight excluding hydrogens is 1020 g/mol. The second-order valence-electron chi connectivity index (χ2n) is 19.2. The summed E-state index contributed by atoms with van der Waals surface area (Å²) >= 11 is 3.43. The number of nitrogens with zero attached hydrogens (tertiary/aromatic N) is 5. The number of carbonyl (C=O) groups excluding carboxylic acids is 8. The Balaban J connectivity index is 0.000000319. The number of ether oxygens (including phenoxy) is 3. The SMILES string of the molecule is C.CC(C)(C)OC(=O)N1CCN(c2ccc(C3=CC(=O)N(C4CCC(=O)NC4=O)C3)cc2)CC1.CCOC(=O)/C=C(/CBr)c1ccc(N2CCN(C(=O)OC(C)(C)C)CC2)cc1.Cl.NC1CCC(=O)NC1=O. The summed E-state index contributed by atoms with van der Waals surface area (Å²) in [6.45, 7) is 19.1. The number of imide groups is 2. The molecule has 0 radical (unpaired) electrons. The Hall–Kier alpha value is -5.99. The van der Waals surface area contributed by atoms with Crippen LogP contribution in [-0.4, -0.2) is 157 Å². The van der Waals surface area contributed by atoms with E-state index < -0.39 is 29.2 Å². The third-order valence-corrected chi connectivity index (χ3v) is 12.2. The predicted molar refractivity (Wildman–Crippen MR) is 282 cm³/mol. The number of amides is 7. The average Bonchev–Trinajstić information content (AvgIpc) is 3.70. The molecule has 5 aliphatic rings. The smallest absolute Gasteiger partial charge is 0.410 e. The molecule has 2 unspecified atom stereocenters. The first-order valence-corrected chi connectivity index (χ1v) is 24.7. The van der Waals surface area contributed by atoms with Crippen molar-refractivity contribution in [1.29, 1.82) is 0 Å². The molecule has 0 aliphatic carbocycles. The molecule has 4 N–H and O–H groups in total. The summed E-state index contributed by atoms with van der Waals surface area (Å²) in [4.78, 5) is 103. The van der Waals surface area contributed by atoms with E-state index in [9.17, 15) is 38.4 Å². The van der Waals surface area contributed by atoms with E-state index >= 15 is 0 Å². The summed E-state index contributed by atoms with van der Waals surface area (Å²) in [6, 6.07) is 15.0. The number of esters is 1. The van der Waals surface area contributed by atoms with E-state index in [0.29, 0.717) is 77.0 Å². The second-order valence-corrected chi connectivity index (χ2v) is 19.8. The van der Waals surface area contributed by atoms with Crippen molar-refractivity contribution in [3.63, 3.8) is 0 Å². The van der Waals surface area contributed by atoms with Gasteiger partial charge < -0.3 is 44.4 Å². The molecule has 0 aromatic heterocycles. The largest absolute Gasteiger partial charge is 0.463 e. The standard InChI is InChI=1S/C24H30N4O5.C21H29BrN2O4.C5H8N2O2.CH4.ClH/c1-24(2,3)33-23(32)27-12-10-26(11-13-27)18-6-4-16(5-7-18)17-14-21(30)28(15-17)19-8-9-20(29)25-22(19)31;1-5-27-19(25)14-17(15-22)16-6-8-18(9-7-16)23-10-12-24(13-11-23)20(26)28-21(2,3)4;6-3-1-2-4(8)7-5(3)9;;/h4-7,14,19H,8-13,15H2,1-3H3,(H,25,29,31);6-9,14H,5,10-13,15H2,1-4H3;3H,1-2,6H2,(H,7,8,9);1H4;1H/b;17-14-;;;. The summed E-state index contributed by atoms with van der Waals surface area (Å²) < 4.78 is 15.9. The first kappa shape index (κ1) is 60.3. The van der Waals surface area contributed by atoms with Gasteiger partial charge in [0.1, 0.15) is 17.2 Å². The van der Waals surface area contributed by atoms with Gasteiger partial charge in [0.15, 0.2) is 0 Å². The number of hydrogen-bond donors (Lipinski definition) is 3. The summed E-state index contributed by atoms with van der Waals surface area (Å²) in [6.07, 6.45) is 3.99. The van der Waals surface area contributed by atoms with Gasteiger partial charge in [-0.15, -0.1) is 12.4 Å². The number of piperazine rings is 2. The zero-order valence-corrected chi connectivity index (χ0v) is 44.0. The first-order valence-electron chi connectivity index (χ1n) is 23.6. The van der Waals surface area contributed by atoms with Gasteiger partial charge in [-0.3, -0.25) is 34.6 Å². The Morgan fingerprint density at radius 2 is 1.17 bits per heavy atom. The fourth-order valence-electron chi connectivity index (χ4n) is 7.91. The van der Waals surface area contributed by atoms with Crippen molar-refractivity contribution < 1.29 is 52.6 Å². The zero-order valence-electron chi connectivity index (χ0n) is 41.6. The second kappa shape index (κ2) is 27.2. The number of benzene rings is 2. The van der Waals surface area contributed by atoms with Crippen molar-refractivity contribution in [3.05, 3.63) is 71.8 Å². The van der Waals surface area contributed by atoms with Crippen LogP contribution >= 0.6 is 28.3 Å². The molecule has 396 valence electrons. The van der Waals surface area contributed by atoms with Crippen LogP contribution in [0.5, 0.6) is 0 Å². The highest BCUT2D eigenvalue weighted by Gasteiger charge is 2.37. The number of hydrogen-bond acceptors (Lipinski definition) is 14. The van der Waals surface area contributed by atoms with Crippen molar-refractivity contribution in [2.24, 2.45) is 5.73 Å². The highest BCUT2D eigenvalue weighted by molar-refractivity contribution is 9.09. The van der Waals surface area contributed by atoms with Gasteiger partial charge in [-0.1, -0.05) is 47.6 Å². The van der Waals surface area contributed by atoms with E-state index in [1.807, 2.05) is 90.1 Å². The quantitative estimate of drug-likeness (QED) is 0.0952. The van der Waals surface area contributed by atoms with E-state index in [0.717, 1.165) is 46.7 Å². The van der Waals surface area contributed by atoms with E-state index in [4.69, 9.17) is 19.9 Å². The lowest BCUT2D eigenvalue weighted by Crippen LogP contribution is -2.53. The maximum absolute atomic E-state index is 12.5. The first-order chi connectivity index (χ1) is 33.0. The molecule has 2 aromatic carbocycles. The fourth-order valence-corrected chi connectivity index (χ4v) is 8.40. The summed E-state index contributed by atoms with van der Waals surface area (Å²) in [5.41, 5.74) is 10.1. The predicted octanol–water partition coefficient (Wildman–Crippen LogP) is 5.67. The normalized spacial score (nSPS) is 19.5. The molecule has 5 aliphatic heterocycles. The Morgan fingerprint density at radius 1 is 0.708 bits per heavy atom. The van der Waals surface area contributed by atoms with Crippen molar-refractivity contribution >= 4 is 98.5 Å². The molecule has 0 spiro atoms. The van der Waals surface area contributed by atoms with E-state index in [1.165, 1.54) is 11.0 Å². The number of piperidine rings is 2. The van der Waals surface area contributed by atoms with Gasteiger partial charge in [0.05, 0.1) is 12.6 Å². The lowest BCUT2D eigenvalue weighted by molar-refractivity contribution is -0.142. The van der Waals surface area contributed by atoms with Gasteiger partial charge >= 0.3 is 18.2 Å². The molecule has 19 nitrogen and oxygen atoms in total. The van der Waals surface area contributed by atoms with E-state index in [2.05, 4.69) is 36.4 Å². The molecule has 4 fully saturated rings. The third-order valence-electron chi connectivity index (χ3n) is 11.6. The highest BCUT2D eigenvalue weighted by Crippen LogP contribution is 2.29. The number of allylic oxidation sites excluding steroid dienone is 1. The molecule has 5 heterocycles. The molecule has 21 heteroatoms. The van der Waals surface area contributed by atoms with Crippen molar-refractivity contribution in [1.82, 2.24) is 25.3 Å². The van der Waals surface area contributed by atoms with Gasteiger partial charge in [0.25, 0.3) is 0 Å². The zero-order chi connectivity index (χ0) is 51.3. The minimum absolute atomic E-state index is 0. The topological polar surface area (TPSA) is 231 Å². The van der Waals surface area contributed by atoms with Gasteiger partial charge in [-0.25, -0.2) is 14.4 Å². The Labute approximate surface area is 437 Å². The van der Waals surface area contributed by atoms with Crippen molar-refractivity contribution in [3.8, 4) is 0 Å². The van der Waals surface area contributed by atoms with Crippen LogP contribution in [0.25, 0.3) is 11.1 Å². The lowest BCUT2D eigenvalue weighted by Gasteiger charge is -2.36. The third kappa shape index (κ3) is 17.9. The highest BCUT2D eigenvalue weighted by atomic mass is 79.9. The molecule has 72 heavy (non-hydrogen) atoms. The lowest BCUT2D eigenvalue weighted by atomic mass is 10.0. The Bertz CT molecular complexity index is 2300. The van der Waals surface area contributed by atoms with E-state index in [1.54, 1.807) is 22.8 Å². The molecular formula is C51H72BrClN8O11. The number of alkyl halides is 1. The summed E-state index contributed by atoms with van der Waals surface area (Å²) in [5.74, 6) is -1.82. The van der Waals surface area contributed by atoms with Gasteiger partial charge in [-0.05, 0) is 108 Å².